The first-order chi connectivity index (χ1) is 13.2. The molecule has 0 aromatic heterocycles. The first kappa shape index (κ1) is 25.2. The predicted molar refractivity (Wildman–Crippen MR) is 129 cm³/mol. The third-order valence-corrected chi connectivity index (χ3v) is 5.63. The molecular formula is C22H39IN4O. The average molecular weight is 502 g/mol. The predicted octanol–water partition coefficient (Wildman–Crippen LogP) is 3.97. The molecule has 28 heavy (non-hydrogen) atoms. The van der Waals surface area contributed by atoms with Gasteiger partial charge in [0, 0.05) is 46.9 Å². The zero-order valence-electron chi connectivity index (χ0n) is 18.1. The van der Waals surface area contributed by atoms with Gasteiger partial charge in [-0.1, -0.05) is 38.1 Å². The monoisotopic (exact) mass is 502 g/mol. The van der Waals surface area contributed by atoms with E-state index in [0.717, 1.165) is 57.8 Å². The van der Waals surface area contributed by atoms with Gasteiger partial charge in [0.1, 0.15) is 0 Å². The lowest BCUT2D eigenvalue weighted by Gasteiger charge is -2.27. The van der Waals surface area contributed by atoms with Crippen LogP contribution in [0.3, 0.4) is 0 Å². The van der Waals surface area contributed by atoms with E-state index in [1.807, 2.05) is 7.05 Å². The lowest BCUT2D eigenvalue weighted by molar-refractivity contribution is 0.0625. The maximum Gasteiger partial charge on any atom is 0.193 e. The van der Waals surface area contributed by atoms with Crippen LogP contribution in [0.2, 0.25) is 0 Å². The molecule has 1 saturated heterocycles. The Kier molecular flexibility index (Phi) is 12.7. The number of nitrogens with one attached hydrogen (secondary N) is 1. The van der Waals surface area contributed by atoms with Crippen LogP contribution in [0.4, 0.5) is 0 Å². The molecule has 1 heterocycles. The van der Waals surface area contributed by atoms with Crippen LogP contribution in [0.25, 0.3) is 0 Å². The van der Waals surface area contributed by atoms with Crippen molar-refractivity contribution in [2.75, 3.05) is 46.9 Å². The van der Waals surface area contributed by atoms with Crippen molar-refractivity contribution in [2.45, 2.75) is 46.2 Å². The minimum atomic E-state index is 0. The topological polar surface area (TPSA) is 40.1 Å². The maximum atomic E-state index is 5.46. The Morgan fingerprint density at radius 2 is 1.79 bits per heavy atom. The number of halogens is 1. The molecule has 0 radical (unpaired) electrons. The second kappa shape index (κ2) is 14.2. The van der Waals surface area contributed by atoms with Gasteiger partial charge in [-0.25, -0.2) is 0 Å². The number of aliphatic imine (C=N–C) groups is 1. The van der Waals surface area contributed by atoms with Crippen LogP contribution in [0, 0.1) is 5.92 Å². The Balaban J connectivity index is 0.00000392. The van der Waals surface area contributed by atoms with E-state index in [0.29, 0.717) is 0 Å². The van der Waals surface area contributed by atoms with Crippen molar-refractivity contribution in [3.05, 3.63) is 35.4 Å². The van der Waals surface area contributed by atoms with Crippen molar-refractivity contribution in [1.82, 2.24) is 15.1 Å². The van der Waals surface area contributed by atoms with Crippen molar-refractivity contribution in [3.63, 3.8) is 0 Å². The van der Waals surface area contributed by atoms with Gasteiger partial charge < -0.3 is 15.0 Å². The first-order valence-electron chi connectivity index (χ1n) is 10.5. The van der Waals surface area contributed by atoms with Gasteiger partial charge in [-0.3, -0.25) is 9.89 Å². The summed E-state index contributed by atoms with van der Waals surface area (Å²) in [4.78, 5) is 9.19. The zero-order valence-corrected chi connectivity index (χ0v) is 20.4. The Morgan fingerprint density at radius 1 is 1.14 bits per heavy atom. The van der Waals surface area contributed by atoms with Crippen LogP contribution in [-0.2, 0) is 17.8 Å². The Morgan fingerprint density at radius 3 is 2.39 bits per heavy atom. The van der Waals surface area contributed by atoms with Crippen LogP contribution in [0.1, 0.15) is 44.2 Å². The van der Waals surface area contributed by atoms with Gasteiger partial charge in [0.05, 0.1) is 0 Å². The zero-order chi connectivity index (χ0) is 19.5. The first-order valence-corrected chi connectivity index (χ1v) is 10.5. The molecule has 0 saturated carbocycles. The molecule has 0 atom stereocenters. The second-order valence-electron chi connectivity index (χ2n) is 7.40. The van der Waals surface area contributed by atoms with Crippen molar-refractivity contribution in [1.29, 1.82) is 0 Å². The summed E-state index contributed by atoms with van der Waals surface area (Å²) in [6.07, 6.45) is 3.59. The third-order valence-electron chi connectivity index (χ3n) is 5.63. The number of hydrogen-bond acceptors (Lipinski definition) is 3. The van der Waals surface area contributed by atoms with Gasteiger partial charge in [0.2, 0.25) is 0 Å². The Labute approximate surface area is 188 Å². The highest BCUT2D eigenvalue weighted by Gasteiger charge is 2.15. The van der Waals surface area contributed by atoms with E-state index >= 15 is 0 Å². The highest BCUT2D eigenvalue weighted by molar-refractivity contribution is 14.0. The normalized spacial score (nSPS) is 15.4. The molecule has 1 fully saturated rings. The molecule has 0 bridgehead atoms. The van der Waals surface area contributed by atoms with Crippen LogP contribution in [0.15, 0.2) is 29.3 Å². The summed E-state index contributed by atoms with van der Waals surface area (Å²) in [7, 11) is 4.01. The standard InChI is InChI=1S/C22H38N4O.HI/c1-5-26(6-2)18-21-10-8-7-9-20(21)17-24-22(23-3)25(4)14-11-19-12-15-27-16-13-19;/h7-10,19H,5-6,11-18H2,1-4H3,(H,23,24);1H. The average Bonchev–Trinajstić information content (AvgIpc) is 2.72. The molecule has 5 nitrogen and oxygen atoms in total. The smallest absolute Gasteiger partial charge is 0.193 e. The summed E-state index contributed by atoms with van der Waals surface area (Å²) in [5.74, 6) is 1.76. The number of hydrogen-bond donors (Lipinski definition) is 1. The number of benzene rings is 1. The van der Waals surface area contributed by atoms with Crippen molar-refractivity contribution >= 4 is 29.9 Å². The summed E-state index contributed by atoms with van der Waals surface area (Å²) in [6, 6.07) is 8.73. The number of nitrogens with zero attached hydrogens (tertiary/aromatic N) is 3. The summed E-state index contributed by atoms with van der Waals surface area (Å²) >= 11 is 0. The van der Waals surface area contributed by atoms with E-state index < -0.39 is 0 Å². The number of ether oxygens (including phenoxy) is 1. The highest BCUT2D eigenvalue weighted by Crippen LogP contribution is 2.18. The summed E-state index contributed by atoms with van der Waals surface area (Å²) in [5, 5.41) is 3.56. The quantitative estimate of drug-likeness (QED) is 0.315. The summed E-state index contributed by atoms with van der Waals surface area (Å²) in [6.45, 7) is 11.3. The Hall–Kier alpha value is -0.860. The minimum absolute atomic E-state index is 0. The minimum Gasteiger partial charge on any atom is -0.381 e. The van der Waals surface area contributed by atoms with E-state index in [1.54, 1.807) is 0 Å². The molecule has 1 aliphatic heterocycles. The van der Waals surface area contributed by atoms with Gasteiger partial charge in [-0.15, -0.1) is 24.0 Å². The fraction of sp³-hybridized carbons (Fsp3) is 0.682. The summed E-state index contributed by atoms with van der Waals surface area (Å²) in [5.41, 5.74) is 2.75. The molecule has 1 aromatic carbocycles. The van der Waals surface area contributed by atoms with Gasteiger partial charge in [-0.2, -0.15) is 0 Å². The molecule has 0 unspecified atom stereocenters. The van der Waals surface area contributed by atoms with Crippen molar-refractivity contribution in [3.8, 4) is 0 Å². The van der Waals surface area contributed by atoms with Crippen LogP contribution in [0.5, 0.6) is 0 Å². The van der Waals surface area contributed by atoms with E-state index in [9.17, 15) is 0 Å². The van der Waals surface area contributed by atoms with E-state index in [1.165, 1.54) is 30.4 Å². The number of rotatable bonds is 9. The molecule has 1 aromatic rings. The van der Waals surface area contributed by atoms with Crippen LogP contribution >= 0.6 is 24.0 Å². The molecule has 2 rings (SSSR count). The molecule has 160 valence electrons. The molecular weight excluding hydrogens is 463 g/mol. The second-order valence-corrected chi connectivity index (χ2v) is 7.40. The van der Waals surface area contributed by atoms with E-state index in [-0.39, 0.29) is 24.0 Å². The van der Waals surface area contributed by atoms with E-state index in [4.69, 9.17) is 4.74 Å². The molecule has 0 amide bonds. The third kappa shape index (κ3) is 8.25. The van der Waals surface area contributed by atoms with E-state index in [2.05, 4.69) is 65.3 Å². The summed E-state index contributed by atoms with van der Waals surface area (Å²) < 4.78 is 5.46. The molecule has 0 spiro atoms. The van der Waals surface area contributed by atoms with Gasteiger partial charge >= 0.3 is 0 Å². The SMILES string of the molecule is CCN(CC)Cc1ccccc1CNC(=NC)N(C)CCC1CCOCC1.I. The lowest BCUT2D eigenvalue weighted by Crippen LogP contribution is -2.40. The maximum absolute atomic E-state index is 5.46. The molecule has 1 aliphatic rings. The van der Waals surface area contributed by atoms with Gasteiger partial charge in [-0.05, 0) is 49.4 Å². The van der Waals surface area contributed by atoms with Crippen LogP contribution in [-0.4, -0.2) is 62.7 Å². The van der Waals surface area contributed by atoms with Crippen LogP contribution < -0.4 is 5.32 Å². The largest absolute Gasteiger partial charge is 0.381 e. The van der Waals surface area contributed by atoms with Crippen molar-refractivity contribution in [2.24, 2.45) is 10.9 Å². The van der Waals surface area contributed by atoms with Crippen molar-refractivity contribution < 1.29 is 4.74 Å². The fourth-order valence-electron chi connectivity index (χ4n) is 3.65. The number of guanidine groups is 1. The molecule has 1 N–H and O–H groups in total. The Bertz CT molecular complexity index is 571. The molecule has 6 heteroatoms. The molecule has 0 aliphatic carbocycles. The lowest BCUT2D eigenvalue weighted by atomic mass is 9.96. The highest BCUT2D eigenvalue weighted by atomic mass is 127. The van der Waals surface area contributed by atoms with Gasteiger partial charge in [0.15, 0.2) is 5.96 Å². The van der Waals surface area contributed by atoms with Gasteiger partial charge in [0.25, 0.3) is 0 Å². The fourth-order valence-corrected chi connectivity index (χ4v) is 3.65.